The number of carboxylic acids is 1. The van der Waals surface area contributed by atoms with Crippen LogP contribution in [-0.2, 0) is 4.79 Å². The van der Waals surface area contributed by atoms with Gasteiger partial charge in [0.1, 0.15) is 0 Å². The maximum Gasteiger partial charge on any atom is 0.305 e. The Kier molecular flexibility index (Phi) is 3.88. The van der Waals surface area contributed by atoms with Crippen LogP contribution < -0.4 is 11.5 Å². The van der Waals surface area contributed by atoms with E-state index in [0.717, 1.165) is 11.1 Å². The maximum atomic E-state index is 10.7. The normalized spacial score (nSPS) is 11.8. The van der Waals surface area contributed by atoms with Gasteiger partial charge in [-0.15, -0.1) is 0 Å². The third-order valence-corrected chi connectivity index (χ3v) is 2.22. The van der Waals surface area contributed by atoms with Crippen molar-refractivity contribution in [2.75, 3.05) is 0 Å². The molecule has 0 radical (unpaired) electrons. The minimum absolute atomic E-state index is 0.102. The van der Waals surface area contributed by atoms with Crippen molar-refractivity contribution in [1.29, 1.82) is 0 Å². The average molecular weight is 221 g/mol. The Bertz CT molecular complexity index is 411. The molecule has 16 heavy (non-hydrogen) atoms. The summed E-state index contributed by atoms with van der Waals surface area (Å²) in [7, 11) is 0. The fourth-order valence-corrected chi connectivity index (χ4v) is 1.53. The van der Waals surface area contributed by atoms with Crippen LogP contribution in [-0.4, -0.2) is 17.0 Å². The van der Waals surface area contributed by atoms with Gasteiger partial charge in [-0.1, -0.05) is 24.3 Å². The number of benzene rings is 1. The van der Waals surface area contributed by atoms with E-state index in [9.17, 15) is 4.79 Å². The van der Waals surface area contributed by atoms with E-state index in [2.05, 4.69) is 4.99 Å². The summed E-state index contributed by atoms with van der Waals surface area (Å²) in [5, 5.41) is 8.80. The largest absolute Gasteiger partial charge is 0.481 e. The van der Waals surface area contributed by atoms with Crippen LogP contribution in [0.5, 0.6) is 0 Å². The summed E-state index contributed by atoms with van der Waals surface area (Å²) in [6.45, 7) is 1.90. The number of hydrogen-bond acceptors (Lipinski definition) is 2. The predicted octanol–water partition coefficient (Wildman–Crippen LogP) is 0.784. The molecule has 0 spiro atoms. The van der Waals surface area contributed by atoms with Gasteiger partial charge in [0.05, 0.1) is 12.5 Å². The van der Waals surface area contributed by atoms with Crippen molar-refractivity contribution in [3.8, 4) is 0 Å². The number of carbonyl (C=O) groups is 1. The number of aryl methyl sites for hydroxylation is 1. The van der Waals surface area contributed by atoms with Crippen LogP contribution in [0.2, 0.25) is 0 Å². The van der Waals surface area contributed by atoms with E-state index in [0.29, 0.717) is 0 Å². The number of hydrogen-bond donors (Lipinski definition) is 3. The van der Waals surface area contributed by atoms with Gasteiger partial charge in [0.2, 0.25) is 0 Å². The quantitative estimate of drug-likeness (QED) is 0.516. The molecule has 0 saturated carbocycles. The van der Waals surface area contributed by atoms with E-state index in [1.54, 1.807) is 0 Å². The number of aliphatic carboxylic acids is 1. The molecular formula is C11H15N3O2. The van der Waals surface area contributed by atoms with Crippen molar-refractivity contribution >= 4 is 11.9 Å². The molecule has 5 nitrogen and oxygen atoms in total. The summed E-state index contributed by atoms with van der Waals surface area (Å²) in [6.07, 6.45) is -0.122. The monoisotopic (exact) mass is 221 g/mol. The Morgan fingerprint density at radius 2 is 2.06 bits per heavy atom. The van der Waals surface area contributed by atoms with Crippen LogP contribution in [0.3, 0.4) is 0 Å². The van der Waals surface area contributed by atoms with Crippen molar-refractivity contribution in [2.45, 2.75) is 19.4 Å². The molecule has 0 bridgehead atoms. The van der Waals surface area contributed by atoms with Gasteiger partial charge in [0, 0.05) is 0 Å². The summed E-state index contributed by atoms with van der Waals surface area (Å²) in [6, 6.07) is 6.91. The van der Waals surface area contributed by atoms with Gasteiger partial charge in [-0.05, 0) is 18.1 Å². The lowest BCUT2D eigenvalue weighted by molar-refractivity contribution is -0.137. The Morgan fingerprint density at radius 3 is 2.56 bits per heavy atom. The predicted molar refractivity (Wildman–Crippen MR) is 62.0 cm³/mol. The molecule has 86 valence electrons. The molecule has 5 N–H and O–H groups in total. The van der Waals surface area contributed by atoms with Crippen LogP contribution in [0.4, 0.5) is 0 Å². The molecule has 1 rings (SSSR count). The molecule has 1 unspecified atom stereocenters. The third-order valence-electron chi connectivity index (χ3n) is 2.22. The molecule has 1 atom stereocenters. The second kappa shape index (κ2) is 5.16. The fraction of sp³-hybridized carbons (Fsp3) is 0.273. The second-order valence-corrected chi connectivity index (χ2v) is 3.52. The molecule has 5 heteroatoms. The van der Waals surface area contributed by atoms with Crippen molar-refractivity contribution in [3.05, 3.63) is 35.4 Å². The summed E-state index contributed by atoms with van der Waals surface area (Å²) >= 11 is 0. The van der Waals surface area contributed by atoms with Crippen molar-refractivity contribution in [3.63, 3.8) is 0 Å². The Labute approximate surface area is 93.8 Å². The van der Waals surface area contributed by atoms with E-state index in [4.69, 9.17) is 16.6 Å². The van der Waals surface area contributed by atoms with E-state index in [1.165, 1.54) is 0 Å². The van der Waals surface area contributed by atoms with Crippen LogP contribution >= 0.6 is 0 Å². The lowest BCUT2D eigenvalue weighted by atomic mass is 9.99. The highest BCUT2D eigenvalue weighted by Crippen LogP contribution is 2.24. The average Bonchev–Trinajstić information content (AvgIpc) is 2.15. The molecule has 1 aromatic carbocycles. The molecule has 0 fully saturated rings. The zero-order valence-electron chi connectivity index (χ0n) is 9.05. The zero-order valence-corrected chi connectivity index (χ0v) is 9.05. The number of aliphatic imine (C=N–C) groups is 1. The first-order chi connectivity index (χ1) is 7.50. The Balaban J connectivity index is 3.06. The van der Waals surface area contributed by atoms with Crippen molar-refractivity contribution in [2.24, 2.45) is 16.5 Å². The van der Waals surface area contributed by atoms with Gasteiger partial charge < -0.3 is 16.6 Å². The molecule has 0 aliphatic carbocycles. The number of rotatable bonds is 4. The Hall–Kier alpha value is -2.04. The highest BCUT2D eigenvalue weighted by Gasteiger charge is 2.16. The molecule has 0 aliphatic heterocycles. The first-order valence-electron chi connectivity index (χ1n) is 4.86. The fourth-order valence-electron chi connectivity index (χ4n) is 1.53. The number of nitrogens with two attached hydrogens (primary N) is 2. The van der Waals surface area contributed by atoms with Crippen LogP contribution in [0, 0.1) is 6.92 Å². The molecule has 0 saturated heterocycles. The van der Waals surface area contributed by atoms with Gasteiger partial charge in [-0.25, -0.2) is 4.99 Å². The molecule has 1 aromatic rings. The van der Waals surface area contributed by atoms with Crippen LogP contribution in [0.1, 0.15) is 23.6 Å². The molecule has 0 amide bonds. The molecule has 0 heterocycles. The third kappa shape index (κ3) is 3.27. The van der Waals surface area contributed by atoms with Gasteiger partial charge in [-0.2, -0.15) is 0 Å². The lowest BCUT2D eigenvalue weighted by Crippen LogP contribution is -2.24. The van der Waals surface area contributed by atoms with Crippen molar-refractivity contribution in [1.82, 2.24) is 0 Å². The first kappa shape index (κ1) is 12.0. The van der Waals surface area contributed by atoms with Gasteiger partial charge in [-0.3, -0.25) is 4.79 Å². The second-order valence-electron chi connectivity index (χ2n) is 3.52. The summed E-state index contributed by atoms with van der Waals surface area (Å²) < 4.78 is 0. The standard InChI is InChI=1S/C11H15N3O2/c1-7-4-2-3-5-8(7)9(6-10(15)16)14-11(12)13/h2-5,9H,6H2,1H3,(H,15,16)(H4,12,13,14). The summed E-state index contributed by atoms with van der Waals surface area (Å²) in [5.41, 5.74) is 12.4. The maximum absolute atomic E-state index is 10.7. The smallest absolute Gasteiger partial charge is 0.305 e. The van der Waals surface area contributed by atoms with Crippen LogP contribution in [0.15, 0.2) is 29.3 Å². The van der Waals surface area contributed by atoms with Gasteiger partial charge in [0.25, 0.3) is 0 Å². The summed E-state index contributed by atoms with van der Waals surface area (Å²) in [4.78, 5) is 14.7. The van der Waals surface area contributed by atoms with E-state index in [-0.39, 0.29) is 12.4 Å². The number of carboxylic acid groups (broad SMARTS) is 1. The lowest BCUT2D eigenvalue weighted by Gasteiger charge is -2.13. The number of guanidine groups is 1. The topological polar surface area (TPSA) is 102 Å². The number of nitrogens with zero attached hydrogens (tertiary/aromatic N) is 1. The van der Waals surface area contributed by atoms with Gasteiger partial charge >= 0.3 is 5.97 Å². The minimum atomic E-state index is -0.932. The van der Waals surface area contributed by atoms with Crippen molar-refractivity contribution < 1.29 is 9.90 Å². The van der Waals surface area contributed by atoms with E-state index in [1.807, 2.05) is 31.2 Å². The zero-order chi connectivity index (χ0) is 12.1. The van der Waals surface area contributed by atoms with Gasteiger partial charge in [0.15, 0.2) is 5.96 Å². The van der Waals surface area contributed by atoms with E-state index >= 15 is 0 Å². The van der Waals surface area contributed by atoms with E-state index < -0.39 is 12.0 Å². The first-order valence-corrected chi connectivity index (χ1v) is 4.86. The highest BCUT2D eigenvalue weighted by molar-refractivity contribution is 5.77. The highest BCUT2D eigenvalue weighted by atomic mass is 16.4. The summed E-state index contributed by atoms with van der Waals surface area (Å²) in [5.74, 6) is -1.03. The molecule has 0 aromatic heterocycles. The molecular weight excluding hydrogens is 206 g/mol. The Morgan fingerprint density at radius 1 is 1.44 bits per heavy atom. The SMILES string of the molecule is Cc1ccccc1C(CC(=O)O)N=C(N)N. The van der Waals surface area contributed by atoms with Crippen LogP contribution in [0.25, 0.3) is 0 Å². The minimum Gasteiger partial charge on any atom is -0.481 e. The molecule has 0 aliphatic rings.